The molecule has 1 N–H and O–H groups in total. The van der Waals surface area contributed by atoms with Crippen molar-refractivity contribution in [3.05, 3.63) is 59.7 Å². The summed E-state index contributed by atoms with van der Waals surface area (Å²) in [5.41, 5.74) is 2.04. The Kier molecular flexibility index (Phi) is 11.0. The maximum absolute atomic E-state index is 10.1. The van der Waals surface area contributed by atoms with Crippen LogP contribution in [0.25, 0.3) is 0 Å². The standard InChI is InChI=1S/C27H42O6Si/c1-27(2,3)34(6,7)33-17-16-25(31-19-21-8-12-23(29-4)13-9-21)26(18-28)32-20-22-10-14-24(30-5)15-11-22/h8-15,25-26,28H,16-20H2,1-7H3/t25-,26-/m1/s1. The first kappa shape index (κ1) is 28.3. The number of hydrogen-bond acceptors (Lipinski definition) is 6. The molecule has 2 aromatic rings. The first-order chi connectivity index (χ1) is 16.1. The van der Waals surface area contributed by atoms with Crippen LogP contribution in [-0.4, -0.2) is 53.1 Å². The van der Waals surface area contributed by atoms with Crippen molar-refractivity contribution in [2.75, 3.05) is 27.4 Å². The fourth-order valence-corrected chi connectivity index (χ4v) is 4.21. The van der Waals surface area contributed by atoms with Gasteiger partial charge in [-0.2, -0.15) is 0 Å². The molecule has 0 aliphatic carbocycles. The summed E-state index contributed by atoms with van der Waals surface area (Å²) >= 11 is 0. The monoisotopic (exact) mass is 490 g/mol. The summed E-state index contributed by atoms with van der Waals surface area (Å²) in [6.07, 6.45) is -0.144. The van der Waals surface area contributed by atoms with Gasteiger partial charge in [0.25, 0.3) is 0 Å². The quantitative estimate of drug-likeness (QED) is 0.349. The molecule has 0 amide bonds. The molecule has 0 heterocycles. The largest absolute Gasteiger partial charge is 0.497 e. The van der Waals surface area contributed by atoms with Crippen LogP contribution >= 0.6 is 0 Å². The van der Waals surface area contributed by atoms with Crippen molar-refractivity contribution in [2.24, 2.45) is 0 Å². The third kappa shape index (κ3) is 8.71. The van der Waals surface area contributed by atoms with Crippen LogP contribution in [0.4, 0.5) is 0 Å². The Balaban J connectivity index is 2.05. The Labute approximate surface area is 206 Å². The van der Waals surface area contributed by atoms with Crippen molar-refractivity contribution in [3.63, 3.8) is 0 Å². The molecular weight excluding hydrogens is 448 g/mol. The van der Waals surface area contributed by atoms with E-state index < -0.39 is 14.4 Å². The Morgan fingerprint density at radius 2 is 1.21 bits per heavy atom. The van der Waals surface area contributed by atoms with Gasteiger partial charge in [0, 0.05) is 6.61 Å². The predicted molar refractivity (Wildman–Crippen MR) is 138 cm³/mol. The lowest BCUT2D eigenvalue weighted by Crippen LogP contribution is -2.42. The van der Waals surface area contributed by atoms with Crippen molar-refractivity contribution in [1.82, 2.24) is 0 Å². The molecule has 6 nitrogen and oxygen atoms in total. The molecule has 0 radical (unpaired) electrons. The summed E-state index contributed by atoms with van der Waals surface area (Å²) in [5, 5.41) is 10.3. The molecule has 0 aromatic heterocycles. The molecular formula is C27H42O6Si. The smallest absolute Gasteiger partial charge is 0.191 e. The van der Waals surface area contributed by atoms with Crippen LogP contribution in [0.3, 0.4) is 0 Å². The fraction of sp³-hybridized carbons (Fsp3) is 0.556. The molecule has 0 aliphatic heterocycles. The summed E-state index contributed by atoms with van der Waals surface area (Å²) in [6.45, 7) is 12.4. The van der Waals surface area contributed by atoms with E-state index >= 15 is 0 Å². The molecule has 0 unspecified atom stereocenters. The highest BCUT2D eigenvalue weighted by Crippen LogP contribution is 2.36. The molecule has 0 spiro atoms. The molecule has 2 rings (SSSR count). The van der Waals surface area contributed by atoms with Crippen LogP contribution in [0.15, 0.2) is 48.5 Å². The molecule has 2 aromatic carbocycles. The minimum Gasteiger partial charge on any atom is -0.497 e. The van der Waals surface area contributed by atoms with Crippen molar-refractivity contribution in [2.45, 2.75) is 70.7 Å². The molecule has 34 heavy (non-hydrogen) atoms. The van der Waals surface area contributed by atoms with Crippen molar-refractivity contribution >= 4 is 8.32 Å². The van der Waals surface area contributed by atoms with Gasteiger partial charge in [0.15, 0.2) is 8.32 Å². The maximum atomic E-state index is 10.1. The number of ether oxygens (including phenoxy) is 4. The van der Waals surface area contributed by atoms with E-state index in [4.69, 9.17) is 23.4 Å². The van der Waals surface area contributed by atoms with E-state index in [-0.39, 0.29) is 17.7 Å². The van der Waals surface area contributed by atoms with Gasteiger partial charge in [-0.15, -0.1) is 0 Å². The molecule has 0 saturated carbocycles. The summed E-state index contributed by atoms with van der Waals surface area (Å²) in [6, 6.07) is 15.5. The number of hydrogen-bond donors (Lipinski definition) is 1. The lowest BCUT2D eigenvalue weighted by atomic mass is 10.1. The van der Waals surface area contributed by atoms with Gasteiger partial charge in [-0.25, -0.2) is 0 Å². The van der Waals surface area contributed by atoms with Gasteiger partial charge in [0.05, 0.1) is 40.1 Å². The highest BCUT2D eigenvalue weighted by Gasteiger charge is 2.37. The SMILES string of the molecule is COc1ccc(CO[C@H](CO)[C@@H](CCO[Si](C)(C)C(C)(C)C)OCc2ccc(OC)cc2)cc1. The van der Waals surface area contributed by atoms with Gasteiger partial charge >= 0.3 is 0 Å². The lowest BCUT2D eigenvalue weighted by Gasteiger charge is -2.37. The zero-order valence-electron chi connectivity index (χ0n) is 21.8. The van der Waals surface area contributed by atoms with Gasteiger partial charge < -0.3 is 28.5 Å². The molecule has 0 aliphatic rings. The van der Waals surface area contributed by atoms with Gasteiger partial charge in [-0.1, -0.05) is 45.0 Å². The van der Waals surface area contributed by atoms with Crippen LogP contribution in [0.2, 0.25) is 18.1 Å². The number of aliphatic hydroxyl groups excluding tert-OH is 1. The average molecular weight is 491 g/mol. The van der Waals surface area contributed by atoms with Gasteiger partial charge in [0.2, 0.25) is 0 Å². The highest BCUT2D eigenvalue weighted by atomic mass is 28.4. The van der Waals surface area contributed by atoms with Gasteiger partial charge in [0.1, 0.15) is 17.6 Å². The van der Waals surface area contributed by atoms with Gasteiger partial charge in [-0.3, -0.25) is 0 Å². The van der Waals surface area contributed by atoms with Gasteiger partial charge in [-0.05, 0) is 59.9 Å². The second-order valence-corrected chi connectivity index (χ2v) is 14.8. The number of benzene rings is 2. The topological polar surface area (TPSA) is 66.4 Å². The normalized spacial score (nSPS) is 14.0. The Bertz CT molecular complexity index is 830. The second kappa shape index (κ2) is 13.3. The van der Waals surface area contributed by atoms with Crippen LogP contribution in [0.5, 0.6) is 11.5 Å². The summed E-state index contributed by atoms with van der Waals surface area (Å²) in [5.74, 6) is 1.60. The maximum Gasteiger partial charge on any atom is 0.191 e. The zero-order chi connectivity index (χ0) is 25.2. The summed E-state index contributed by atoms with van der Waals surface area (Å²) in [7, 11) is 1.41. The van der Waals surface area contributed by atoms with E-state index in [1.54, 1.807) is 14.2 Å². The molecule has 0 fully saturated rings. The third-order valence-corrected chi connectivity index (χ3v) is 11.1. The predicted octanol–water partition coefficient (Wildman–Crippen LogP) is 5.58. The van der Waals surface area contributed by atoms with Crippen molar-refractivity contribution < 1.29 is 28.5 Å². The minimum atomic E-state index is -1.88. The molecule has 2 atom stereocenters. The van der Waals surface area contributed by atoms with Crippen LogP contribution < -0.4 is 9.47 Å². The van der Waals surface area contributed by atoms with Crippen molar-refractivity contribution in [3.8, 4) is 11.5 Å². The summed E-state index contributed by atoms with van der Waals surface area (Å²) in [4.78, 5) is 0. The zero-order valence-corrected chi connectivity index (χ0v) is 22.8. The van der Waals surface area contributed by atoms with E-state index in [9.17, 15) is 5.11 Å². The molecule has 0 saturated heterocycles. The highest BCUT2D eigenvalue weighted by molar-refractivity contribution is 6.74. The number of aliphatic hydroxyl groups is 1. The first-order valence-electron chi connectivity index (χ1n) is 11.8. The van der Waals surface area contributed by atoms with Crippen LogP contribution in [0, 0.1) is 0 Å². The molecule has 0 bridgehead atoms. The second-order valence-electron chi connectivity index (χ2n) is 9.98. The Morgan fingerprint density at radius 3 is 1.59 bits per heavy atom. The Hall–Kier alpha value is -1.90. The van der Waals surface area contributed by atoms with E-state index in [1.165, 1.54) is 0 Å². The van der Waals surface area contributed by atoms with E-state index in [2.05, 4.69) is 33.9 Å². The van der Waals surface area contributed by atoms with Crippen molar-refractivity contribution in [1.29, 1.82) is 0 Å². The minimum absolute atomic E-state index is 0.133. The number of methoxy groups -OCH3 is 2. The van der Waals surface area contributed by atoms with Crippen LogP contribution in [0.1, 0.15) is 38.3 Å². The molecule has 7 heteroatoms. The average Bonchev–Trinajstić information content (AvgIpc) is 2.82. The first-order valence-corrected chi connectivity index (χ1v) is 14.7. The molecule has 190 valence electrons. The summed E-state index contributed by atoms with van der Waals surface area (Å²) < 4.78 is 29.2. The fourth-order valence-electron chi connectivity index (χ4n) is 3.15. The lowest BCUT2D eigenvalue weighted by molar-refractivity contribution is -0.109. The Morgan fingerprint density at radius 1 is 0.765 bits per heavy atom. The van der Waals surface area contributed by atoms with E-state index in [0.29, 0.717) is 26.2 Å². The van der Waals surface area contributed by atoms with Crippen LogP contribution in [-0.2, 0) is 27.1 Å². The third-order valence-electron chi connectivity index (χ3n) is 6.51. The number of rotatable bonds is 14. The van der Waals surface area contributed by atoms with E-state index in [0.717, 1.165) is 22.6 Å². The van der Waals surface area contributed by atoms with E-state index in [1.807, 2.05) is 48.5 Å².